The topological polar surface area (TPSA) is 18.5 Å². The average molecular weight is 243 g/mol. The van der Waals surface area contributed by atoms with E-state index in [1.165, 1.54) is 19.2 Å². The van der Waals surface area contributed by atoms with Crippen molar-refractivity contribution in [3.8, 4) is 11.5 Å². The summed E-state index contributed by atoms with van der Waals surface area (Å²) in [7, 11) is 1.29. The van der Waals surface area contributed by atoms with Gasteiger partial charge in [-0.15, -0.1) is 0 Å². The Balaban J connectivity index is 3.10. The molecule has 0 saturated heterocycles. The minimum absolute atomic E-state index is 0.000494. The van der Waals surface area contributed by atoms with E-state index in [9.17, 15) is 8.78 Å². The number of benzene rings is 1. The first-order valence-electron chi connectivity index (χ1n) is 3.53. The zero-order valence-corrected chi connectivity index (χ0v) is 8.57. The van der Waals surface area contributed by atoms with Crippen LogP contribution >= 0.6 is 23.2 Å². The molecule has 6 heteroatoms. The van der Waals surface area contributed by atoms with Gasteiger partial charge in [0, 0.05) is 0 Å². The van der Waals surface area contributed by atoms with Gasteiger partial charge in [-0.1, -0.05) is 23.2 Å². The van der Waals surface area contributed by atoms with E-state index in [1.54, 1.807) is 0 Å². The molecule has 1 rings (SSSR count). The van der Waals surface area contributed by atoms with E-state index < -0.39 is 6.61 Å². The predicted octanol–water partition coefficient (Wildman–Crippen LogP) is 3.60. The van der Waals surface area contributed by atoms with Crippen molar-refractivity contribution in [2.45, 2.75) is 6.61 Å². The van der Waals surface area contributed by atoms with Crippen molar-refractivity contribution in [3.63, 3.8) is 0 Å². The maximum Gasteiger partial charge on any atom is 0.387 e. The largest absolute Gasteiger partial charge is 0.491 e. The van der Waals surface area contributed by atoms with Crippen LogP contribution in [0.5, 0.6) is 11.5 Å². The molecule has 0 heterocycles. The van der Waals surface area contributed by atoms with Gasteiger partial charge in [0.15, 0.2) is 11.5 Å². The van der Waals surface area contributed by atoms with Crippen LogP contribution < -0.4 is 9.47 Å². The standard InChI is InChI=1S/C8H6Cl2F2O2/c1-13-7-5(14-8(11)12)3-2-4(9)6(7)10/h2-3,8H,1H3. The third-order valence-corrected chi connectivity index (χ3v) is 2.22. The van der Waals surface area contributed by atoms with Gasteiger partial charge < -0.3 is 9.47 Å². The molecule has 0 aliphatic rings. The smallest absolute Gasteiger partial charge is 0.387 e. The van der Waals surface area contributed by atoms with Crippen molar-refractivity contribution in [1.82, 2.24) is 0 Å². The molecule has 0 N–H and O–H groups in total. The van der Waals surface area contributed by atoms with Gasteiger partial charge in [0.25, 0.3) is 0 Å². The Morgan fingerprint density at radius 3 is 2.43 bits per heavy atom. The number of alkyl halides is 2. The molecule has 0 amide bonds. The summed E-state index contributed by atoms with van der Waals surface area (Å²) >= 11 is 11.3. The molecule has 0 saturated carbocycles. The minimum atomic E-state index is -2.93. The highest BCUT2D eigenvalue weighted by Crippen LogP contribution is 2.40. The summed E-state index contributed by atoms with van der Waals surface area (Å²) in [5, 5.41) is 0.262. The fraction of sp³-hybridized carbons (Fsp3) is 0.250. The number of methoxy groups -OCH3 is 1. The molecule has 0 unspecified atom stereocenters. The molecule has 0 fully saturated rings. The highest BCUT2D eigenvalue weighted by atomic mass is 35.5. The van der Waals surface area contributed by atoms with Gasteiger partial charge in [-0.05, 0) is 12.1 Å². The number of halogens is 4. The van der Waals surface area contributed by atoms with E-state index in [2.05, 4.69) is 4.74 Å². The first-order valence-corrected chi connectivity index (χ1v) is 4.28. The van der Waals surface area contributed by atoms with E-state index in [0.29, 0.717) is 0 Å². The van der Waals surface area contributed by atoms with Crippen LogP contribution in [-0.4, -0.2) is 13.7 Å². The lowest BCUT2D eigenvalue weighted by Crippen LogP contribution is -2.03. The van der Waals surface area contributed by atoms with E-state index >= 15 is 0 Å². The fourth-order valence-corrected chi connectivity index (χ4v) is 1.28. The summed E-state index contributed by atoms with van der Waals surface area (Å²) in [5.74, 6) is -0.142. The summed E-state index contributed by atoms with van der Waals surface area (Å²) in [6.45, 7) is -2.93. The highest BCUT2D eigenvalue weighted by molar-refractivity contribution is 6.43. The molecular formula is C8H6Cl2F2O2. The van der Waals surface area contributed by atoms with Gasteiger partial charge in [-0.25, -0.2) is 0 Å². The van der Waals surface area contributed by atoms with Gasteiger partial charge in [0.05, 0.1) is 12.1 Å². The number of hydrogen-bond donors (Lipinski definition) is 0. The van der Waals surface area contributed by atoms with Gasteiger partial charge in [-0.2, -0.15) is 8.78 Å². The molecule has 1 aromatic carbocycles. The molecule has 0 aliphatic heterocycles. The van der Waals surface area contributed by atoms with Crippen LogP contribution in [0.25, 0.3) is 0 Å². The molecule has 0 spiro atoms. The molecule has 14 heavy (non-hydrogen) atoms. The van der Waals surface area contributed by atoms with Crippen molar-refractivity contribution >= 4 is 23.2 Å². The van der Waals surface area contributed by atoms with E-state index in [-0.39, 0.29) is 21.5 Å². The Labute approximate surface area is 89.3 Å². The van der Waals surface area contributed by atoms with Crippen molar-refractivity contribution in [2.75, 3.05) is 7.11 Å². The fourth-order valence-electron chi connectivity index (χ4n) is 0.893. The monoisotopic (exact) mass is 242 g/mol. The lowest BCUT2D eigenvalue weighted by atomic mass is 10.3. The third-order valence-electron chi connectivity index (χ3n) is 1.43. The Kier molecular flexibility index (Phi) is 3.77. The second-order valence-electron chi connectivity index (χ2n) is 2.27. The Morgan fingerprint density at radius 2 is 1.93 bits per heavy atom. The molecule has 0 aliphatic carbocycles. The van der Waals surface area contributed by atoms with E-state index in [1.807, 2.05) is 0 Å². The Hall–Kier alpha value is -0.740. The molecular weight excluding hydrogens is 237 g/mol. The van der Waals surface area contributed by atoms with Crippen LogP contribution in [0, 0.1) is 0 Å². The van der Waals surface area contributed by atoms with Crippen LogP contribution in [-0.2, 0) is 0 Å². The predicted molar refractivity (Wildman–Crippen MR) is 49.6 cm³/mol. The Morgan fingerprint density at radius 1 is 1.29 bits per heavy atom. The van der Waals surface area contributed by atoms with E-state index in [0.717, 1.165) is 0 Å². The summed E-state index contributed by atoms with van der Waals surface area (Å²) in [6, 6.07) is 2.61. The van der Waals surface area contributed by atoms with Crippen LogP contribution in [0.15, 0.2) is 12.1 Å². The number of rotatable bonds is 3. The molecule has 0 radical (unpaired) electrons. The van der Waals surface area contributed by atoms with Crippen LogP contribution in [0.2, 0.25) is 10.0 Å². The quantitative estimate of drug-likeness (QED) is 0.807. The lowest BCUT2D eigenvalue weighted by Gasteiger charge is -2.11. The highest BCUT2D eigenvalue weighted by Gasteiger charge is 2.15. The second kappa shape index (κ2) is 4.66. The summed E-state index contributed by atoms with van der Waals surface area (Å²) < 4.78 is 32.8. The first kappa shape index (κ1) is 11.3. The molecule has 0 bridgehead atoms. The number of ether oxygens (including phenoxy) is 2. The maximum absolute atomic E-state index is 11.9. The molecule has 78 valence electrons. The normalized spacial score (nSPS) is 10.4. The zero-order chi connectivity index (χ0) is 10.7. The van der Waals surface area contributed by atoms with Crippen molar-refractivity contribution < 1.29 is 18.3 Å². The van der Waals surface area contributed by atoms with Crippen LogP contribution in [0.4, 0.5) is 8.78 Å². The van der Waals surface area contributed by atoms with Gasteiger partial charge in [-0.3, -0.25) is 0 Å². The average Bonchev–Trinajstić information content (AvgIpc) is 2.11. The van der Waals surface area contributed by atoms with Gasteiger partial charge in [0.2, 0.25) is 0 Å². The van der Waals surface area contributed by atoms with Gasteiger partial charge >= 0.3 is 6.61 Å². The summed E-state index contributed by atoms with van der Waals surface area (Å²) in [5.41, 5.74) is 0. The van der Waals surface area contributed by atoms with Crippen molar-refractivity contribution in [3.05, 3.63) is 22.2 Å². The van der Waals surface area contributed by atoms with Crippen LogP contribution in [0.1, 0.15) is 0 Å². The molecule has 0 atom stereocenters. The molecule has 0 aromatic heterocycles. The SMILES string of the molecule is COc1c(OC(F)F)ccc(Cl)c1Cl. The minimum Gasteiger partial charge on any atom is -0.491 e. The van der Waals surface area contributed by atoms with E-state index in [4.69, 9.17) is 27.9 Å². The van der Waals surface area contributed by atoms with Crippen molar-refractivity contribution in [2.24, 2.45) is 0 Å². The zero-order valence-electron chi connectivity index (χ0n) is 7.06. The van der Waals surface area contributed by atoms with Gasteiger partial charge in [0.1, 0.15) is 5.02 Å². The second-order valence-corrected chi connectivity index (χ2v) is 3.06. The number of hydrogen-bond acceptors (Lipinski definition) is 2. The van der Waals surface area contributed by atoms with Crippen LogP contribution in [0.3, 0.4) is 0 Å². The lowest BCUT2D eigenvalue weighted by molar-refractivity contribution is -0.0511. The third kappa shape index (κ3) is 2.39. The summed E-state index contributed by atoms with van der Waals surface area (Å²) in [4.78, 5) is 0. The Bertz CT molecular complexity index is 331. The summed E-state index contributed by atoms with van der Waals surface area (Å²) in [6.07, 6.45) is 0. The molecule has 1 aromatic rings. The maximum atomic E-state index is 11.9. The van der Waals surface area contributed by atoms with Crippen molar-refractivity contribution in [1.29, 1.82) is 0 Å². The molecule has 2 nitrogen and oxygen atoms in total. The first-order chi connectivity index (χ1) is 6.56.